The van der Waals surface area contributed by atoms with Gasteiger partial charge >= 0.3 is 0 Å². The van der Waals surface area contributed by atoms with E-state index in [0.29, 0.717) is 32.5 Å². The average molecular weight is 434 g/mol. The molecule has 1 saturated carbocycles. The summed E-state index contributed by atoms with van der Waals surface area (Å²) in [6.07, 6.45) is 6.41. The Bertz CT molecular complexity index is 1000. The minimum absolute atomic E-state index is 0.0908. The third-order valence-electron chi connectivity index (χ3n) is 6.58. The van der Waals surface area contributed by atoms with Crippen LogP contribution in [0.15, 0.2) is 35.2 Å². The van der Waals surface area contributed by atoms with Crippen LogP contribution in [0.1, 0.15) is 31.2 Å². The summed E-state index contributed by atoms with van der Waals surface area (Å²) < 4.78 is 23.6. The SMILES string of the molecule is CS(=O)(=O)c1cccc(C2=CCN(C(=O)C3NCC4(CC4)CC3C(=O)NO)CC2)c1. The second-order valence-electron chi connectivity index (χ2n) is 8.71. The Labute approximate surface area is 176 Å². The molecule has 3 N–H and O–H groups in total. The monoisotopic (exact) mass is 433 g/mol. The van der Waals surface area contributed by atoms with Crippen molar-refractivity contribution in [1.82, 2.24) is 15.7 Å². The van der Waals surface area contributed by atoms with Crippen molar-refractivity contribution in [3.8, 4) is 0 Å². The Morgan fingerprint density at radius 3 is 2.67 bits per heavy atom. The fourth-order valence-electron chi connectivity index (χ4n) is 4.52. The predicted molar refractivity (Wildman–Crippen MR) is 110 cm³/mol. The third kappa shape index (κ3) is 4.14. The van der Waals surface area contributed by atoms with Crippen molar-refractivity contribution < 1.29 is 23.2 Å². The molecule has 4 rings (SSSR count). The molecule has 2 amide bonds. The Balaban J connectivity index is 1.47. The highest BCUT2D eigenvalue weighted by atomic mass is 32.2. The van der Waals surface area contributed by atoms with Crippen molar-refractivity contribution in [2.75, 3.05) is 25.9 Å². The van der Waals surface area contributed by atoms with Crippen molar-refractivity contribution >= 4 is 27.2 Å². The molecule has 0 aromatic heterocycles. The molecule has 2 fully saturated rings. The van der Waals surface area contributed by atoms with Gasteiger partial charge in [0.15, 0.2) is 9.84 Å². The molecule has 0 bridgehead atoms. The van der Waals surface area contributed by atoms with E-state index in [2.05, 4.69) is 5.32 Å². The van der Waals surface area contributed by atoms with Crippen molar-refractivity contribution in [2.45, 2.75) is 36.6 Å². The van der Waals surface area contributed by atoms with Gasteiger partial charge in [-0.3, -0.25) is 14.8 Å². The molecular formula is C21H27N3O5S. The number of hydroxylamine groups is 1. The van der Waals surface area contributed by atoms with Crippen molar-refractivity contribution in [3.05, 3.63) is 35.9 Å². The van der Waals surface area contributed by atoms with Gasteiger partial charge in [-0.2, -0.15) is 0 Å². The number of rotatable bonds is 4. The molecule has 0 radical (unpaired) electrons. The number of hydrogen-bond acceptors (Lipinski definition) is 6. The molecular weight excluding hydrogens is 406 g/mol. The summed E-state index contributed by atoms with van der Waals surface area (Å²) >= 11 is 0. The van der Waals surface area contributed by atoms with E-state index in [4.69, 9.17) is 5.21 Å². The van der Waals surface area contributed by atoms with Gasteiger partial charge in [-0.25, -0.2) is 13.9 Å². The molecule has 8 nitrogen and oxygen atoms in total. The van der Waals surface area contributed by atoms with E-state index in [9.17, 15) is 18.0 Å². The van der Waals surface area contributed by atoms with E-state index >= 15 is 0 Å². The number of benzene rings is 1. The number of carbonyl (C=O) groups excluding carboxylic acids is 2. The van der Waals surface area contributed by atoms with Crippen LogP contribution in [0.25, 0.3) is 5.57 Å². The number of nitrogens with zero attached hydrogens (tertiary/aromatic N) is 1. The second-order valence-corrected chi connectivity index (χ2v) is 10.7. The van der Waals surface area contributed by atoms with Gasteiger partial charge in [-0.05, 0) is 54.4 Å². The topological polar surface area (TPSA) is 116 Å². The summed E-state index contributed by atoms with van der Waals surface area (Å²) in [6, 6.07) is 6.19. The van der Waals surface area contributed by atoms with Gasteiger partial charge < -0.3 is 10.2 Å². The quantitative estimate of drug-likeness (QED) is 0.481. The fraction of sp³-hybridized carbons (Fsp3) is 0.524. The lowest BCUT2D eigenvalue weighted by Gasteiger charge is -2.38. The minimum atomic E-state index is -3.28. The highest BCUT2D eigenvalue weighted by Crippen LogP contribution is 2.52. The molecule has 2 unspecified atom stereocenters. The molecule has 2 aliphatic heterocycles. The smallest absolute Gasteiger partial charge is 0.248 e. The van der Waals surface area contributed by atoms with E-state index < -0.39 is 27.7 Å². The zero-order valence-corrected chi connectivity index (χ0v) is 17.7. The van der Waals surface area contributed by atoms with Gasteiger partial charge in [0, 0.05) is 25.9 Å². The van der Waals surface area contributed by atoms with E-state index in [-0.39, 0.29) is 16.2 Å². The lowest BCUT2D eigenvalue weighted by molar-refractivity contribution is -0.144. The van der Waals surface area contributed by atoms with Crippen molar-refractivity contribution in [3.63, 3.8) is 0 Å². The summed E-state index contributed by atoms with van der Waals surface area (Å²) in [4.78, 5) is 27.3. The fourth-order valence-corrected chi connectivity index (χ4v) is 5.19. The lowest BCUT2D eigenvalue weighted by atomic mass is 9.81. The molecule has 2 atom stereocenters. The minimum Gasteiger partial charge on any atom is -0.337 e. The van der Waals surface area contributed by atoms with E-state index in [1.807, 2.05) is 12.1 Å². The zero-order valence-electron chi connectivity index (χ0n) is 16.9. The Kier molecular flexibility index (Phi) is 5.46. The molecule has 3 aliphatic rings. The molecule has 1 aromatic carbocycles. The van der Waals surface area contributed by atoms with Crippen LogP contribution in [-0.2, 0) is 19.4 Å². The average Bonchev–Trinajstić information content (AvgIpc) is 3.50. The first-order chi connectivity index (χ1) is 14.2. The number of hydrogen-bond donors (Lipinski definition) is 3. The Morgan fingerprint density at radius 1 is 1.30 bits per heavy atom. The van der Waals surface area contributed by atoms with Crippen LogP contribution in [0.3, 0.4) is 0 Å². The second kappa shape index (κ2) is 7.79. The first-order valence-electron chi connectivity index (χ1n) is 10.2. The largest absolute Gasteiger partial charge is 0.337 e. The highest BCUT2D eigenvalue weighted by molar-refractivity contribution is 7.90. The first kappa shape index (κ1) is 21.0. The summed E-state index contributed by atoms with van der Waals surface area (Å²) in [5.74, 6) is -1.24. The maximum Gasteiger partial charge on any atom is 0.248 e. The molecule has 1 saturated heterocycles. The number of piperidine rings is 1. The summed E-state index contributed by atoms with van der Waals surface area (Å²) in [5, 5.41) is 12.4. The van der Waals surface area contributed by atoms with Gasteiger partial charge in [0.1, 0.15) is 0 Å². The van der Waals surface area contributed by atoms with Gasteiger partial charge in [0.25, 0.3) is 0 Å². The molecule has 1 spiro atoms. The number of carbonyl (C=O) groups is 2. The Hall–Kier alpha value is -2.23. The maximum absolute atomic E-state index is 13.1. The molecule has 1 aromatic rings. The van der Waals surface area contributed by atoms with Crippen LogP contribution in [0, 0.1) is 11.3 Å². The number of amides is 2. The summed E-state index contributed by atoms with van der Waals surface area (Å²) in [5.41, 5.74) is 3.66. The number of nitrogens with one attached hydrogen (secondary N) is 2. The first-order valence-corrected chi connectivity index (χ1v) is 12.1. The van der Waals surface area contributed by atoms with E-state index in [1.165, 1.54) is 6.26 Å². The normalized spacial score (nSPS) is 25.5. The Morgan fingerprint density at radius 2 is 2.07 bits per heavy atom. The molecule has 9 heteroatoms. The van der Waals surface area contributed by atoms with Gasteiger partial charge in [0.05, 0.1) is 16.9 Å². The highest BCUT2D eigenvalue weighted by Gasteiger charge is 2.52. The van der Waals surface area contributed by atoms with E-state index in [0.717, 1.165) is 24.0 Å². The summed E-state index contributed by atoms with van der Waals surface area (Å²) in [6.45, 7) is 1.60. The lowest BCUT2D eigenvalue weighted by Crippen LogP contribution is -2.59. The zero-order chi connectivity index (χ0) is 21.5. The third-order valence-corrected chi connectivity index (χ3v) is 7.69. The van der Waals surface area contributed by atoms with Gasteiger partial charge in [-0.1, -0.05) is 18.2 Å². The molecule has 30 heavy (non-hydrogen) atoms. The van der Waals surface area contributed by atoms with Crippen LogP contribution >= 0.6 is 0 Å². The molecule has 2 heterocycles. The van der Waals surface area contributed by atoms with Crippen LogP contribution in [0.4, 0.5) is 0 Å². The van der Waals surface area contributed by atoms with Crippen LogP contribution < -0.4 is 10.8 Å². The van der Waals surface area contributed by atoms with E-state index in [1.54, 1.807) is 28.6 Å². The number of sulfone groups is 1. The molecule has 1 aliphatic carbocycles. The van der Waals surface area contributed by atoms with Crippen molar-refractivity contribution in [2.24, 2.45) is 11.3 Å². The van der Waals surface area contributed by atoms with Gasteiger partial charge in [0.2, 0.25) is 11.8 Å². The predicted octanol–water partition coefficient (Wildman–Crippen LogP) is 0.970. The van der Waals surface area contributed by atoms with Crippen LogP contribution in [-0.4, -0.2) is 62.3 Å². The van der Waals surface area contributed by atoms with Crippen molar-refractivity contribution in [1.29, 1.82) is 0 Å². The van der Waals surface area contributed by atoms with Gasteiger partial charge in [-0.15, -0.1) is 0 Å². The van der Waals surface area contributed by atoms with Crippen LogP contribution in [0.5, 0.6) is 0 Å². The molecule has 162 valence electrons. The standard InChI is InChI=1S/C21H27N3O5S/c1-30(28,29)16-4-2-3-15(11-16)14-5-9-24(10-6-14)20(26)18-17(19(25)23-27)12-21(7-8-21)13-22-18/h2-5,11,17-18,22,27H,6-10,12-13H2,1H3,(H,23,25). The van der Waals surface area contributed by atoms with Crippen LogP contribution in [0.2, 0.25) is 0 Å². The summed E-state index contributed by atoms with van der Waals surface area (Å²) in [7, 11) is -3.28. The maximum atomic E-state index is 13.1.